The Bertz CT molecular complexity index is 312. The van der Waals surface area contributed by atoms with Gasteiger partial charge in [-0.15, -0.1) is 0 Å². The summed E-state index contributed by atoms with van der Waals surface area (Å²) in [4.78, 5) is 0. The molecule has 0 saturated carbocycles. The molecule has 14 heavy (non-hydrogen) atoms. The lowest BCUT2D eigenvalue weighted by atomic mass is 9.65. The third-order valence-corrected chi connectivity index (χ3v) is 1.70. The van der Waals surface area contributed by atoms with Crippen molar-refractivity contribution in [3.8, 4) is 0 Å². The fourth-order valence-electron chi connectivity index (χ4n) is 1.11. The van der Waals surface area contributed by atoms with Crippen molar-refractivity contribution in [3.63, 3.8) is 0 Å². The Morgan fingerprint density at radius 1 is 0.786 bits per heavy atom. The lowest BCUT2D eigenvalue weighted by molar-refractivity contribution is 0.414. The molecule has 0 spiro atoms. The Balaban J connectivity index is 3.42. The maximum Gasteiger partial charge on any atom is 0.491 e. The lowest BCUT2D eigenvalue weighted by Crippen LogP contribution is -2.52. The molecule has 0 aliphatic heterocycles. The first-order valence-electron chi connectivity index (χ1n) is 3.65. The van der Waals surface area contributed by atoms with Crippen molar-refractivity contribution >= 4 is 25.2 Å². The van der Waals surface area contributed by atoms with E-state index in [1.807, 2.05) is 0 Å². The van der Waals surface area contributed by atoms with E-state index in [9.17, 15) is 8.78 Å². The Hall–Kier alpha value is -0.950. The number of hydrogen-bond donors (Lipinski definition) is 4. The van der Waals surface area contributed by atoms with Gasteiger partial charge in [0.25, 0.3) is 0 Å². The van der Waals surface area contributed by atoms with Gasteiger partial charge in [-0.3, -0.25) is 0 Å². The molecule has 0 unspecified atom stereocenters. The van der Waals surface area contributed by atoms with Gasteiger partial charge in [0.15, 0.2) is 0 Å². The Labute approximate surface area is 78.7 Å². The summed E-state index contributed by atoms with van der Waals surface area (Å²) in [6.45, 7) is 0. The van der Waals surface area contributed by atoms with Crippen LogP contribution < -0.4 is 10.9 Å². The summed E-state index contributed by atoms with van der Waals surface area (Å²) in [5, 5.41) is 34.7. The molecule has 0 atom stereocenters. The molecule has 1 rings (SSSR count). The van der Waals surface area contributed by atoms with Gasteiger partial charge < -0.3 is 20.1 Å². The monoisotopic (exact) mass is 202 g/mol. The first-order chi connectivity index (χ1) is 6.45. The minimum absolute atomic E-state index is 0.663. The van der Waals surface area contributed by atoms with E-state index < -0.39 is 36.8 Å². The van der Waals surface area contributed by atoms with Gasteiger partial charge in [-0.25, -0.2) is 8.78 Å². The Morgan fingerprint density at radius 3 is 1.29 bits per heavy atom. The zero-order valence-corrected chi connectivity index (χ0v) is 6.85. The molecular formula is C6H6B2F2O4. The van der Waals surface area contributed by atoms with E-state index in [2.05, 4.69) is 0 Å². The van der Waals surface area contributed by atoms with E-state index in [1.54, 1.807) is 0 Å². The molecular weight excluding hydrogens is 196 g/mol. The first-order valence-corrected chi connectivity index (χ1v) is 3.65. The van der Waals surface area contributed by atoms with Gasteiger partial charge in [-0.05, 0) is 12.1 Å². The van der Waals surface area contributed by atoms with E-state index in [0.29, 0.717) is 12.1 Å². The van der Waals surface area contributed by atoms with Gasteiger partial charge in [0.1, 0.15) is 11.6 Å². The first kappa shape index (κ1) is 11.1. The molecule has 0 aliphatic rings. The summed E-state index contributed by atoms with van der Waals surface area (Å²) >= 11 is 0. The van der Waals surface area contributed by atoms with Crippen LogP contribution in [0, 0.1) is 11.6 Å². The summed E-state index contributed by atoms with van der Waals surface area (Å²) in [6, 6.07) is 1.33. The molecule has 0 bridgehead atoms. The molecule has 4 nitrogen and oxygen atoms in total. The summed E-state index contributed by atoms with van der Waals surface area (Å²) in [6.07, 6.45) is 0. The molecule has 0 radical (unpaired) electrons. The number of rotatable bonds is 2. The topological polar surface area (TPSA) is 80.9 Å². The van der Waals surface area contributed by atoms with Crippen LogP contribution in [0.5, 0.6) is 0 Å². The molecule has 1 aromatic rings. The minimum Gasteiger partial charge on any atom is -0.423 e. The van der Waals surface area contributed by atoms with Crippen molar-refractivity contribution in [1.82, 2.24) is 0 Å². The number of halogens is 2. The van der Waals surface area contributed by atoms with Crippen LogP contribution in [-0.2, 0) is 0 Å². The standard InChI is InChI=1S/C6H6B2F2O4/c9-3-1-2-4(10)6(8(13)14)5(3)7(11)12/h1-2,11-14H. The van der Waals surface area contributed by atoms with Gasteiger partial charge >= 0.3 is 14.2 Å². The quantitative estimate of drug-likeness (QED) is 0.394. The molecule has 1 aromatic carbocycles. The fourth-order valence-corrected chi connectivity index (χ4v) is 1.11. The van der Waals surface area contributed by atoms with Crippen molar-refractivity contribution in [2.24, 2.45) is 0 Å². The maximum atomic E-state index is 12.9. The second-order valence-electron chi connectivity index (χ2n) is 2.60. The van der Waals surface area contributed by atoms with Gasteiger partial charge in [0.2, 0.25) is 0 Å². The molecule has 8 heteroatoms. The third kappa shape index (κ3) is 1.93. The zero-order chi connectivity index (χ0) is 10.9. The highest BCUT2D eigenvalue weighted by Crippen LogP contribution is 1.98. The van der Waals surface area contributed by atoms with Crippen LogP contribution >= 0.6 is 0 Å². The van der Waals surface area contributed by atoms with Crippen LogP contribution in [0.2, 0.25) is 0 Å². The van der Waals surface area contributed by atoms with Crippen LogP contribution in [0.15, 0.2) is 12.1 Å². The Morgan fingerprint density at radius 2 is 1.07 bits per heavy atom. The largest absolute Gasteiger partial charge is 0.491 e. The SMILES string of the molecule is OB(O)c1c(F)ccc(F)c1B(O)O. The molecule has 0 saturated heterocycles. The lowest BCUT2D eigenvalue weighted by Gasteiger charge is -2.09. The fraction of sp³-hybridized carbons (Fsp3) is 0. The van der Waals surface area contributed by atoms with Crippen molar-refractivity contribution < 1.29 is 28.9 Å². The summed E-state index contributed by atoms with van der Waals surface area (Å²) in [7, 11) is -4.61. The smallest absolute Gasteiger partial charge is 0.423 e. The average Bonchev–Trinajstić information content (AvgIpc) is 2.07. The van der Waals surface area contributed by atoms with Gasteiger partial charge in [0.05, 0.1) is 0 Å². The van der Waals surface area contributed by atoms with Crippen molar-refractivity contribution in [2.45, 2.75) is 0 Å². The normalized spacial score (nSPS) is 10.1. The highest BCUT2D eigenvalue weighted by molar-refractivity contribution is 6.71. The number of hydrogen-bond acceptors (Lipinski definition) is 4. The van der Waals surface area contributed by atoms with Crippen molar-refractivity contribution in [1.29, 1.82) is 0 Å². The summed E-state index contributed by atoms with van der Waals surface area (Å²) in [5.41, 5.74) is -1.75. The van der Waals surface area contributed by atoms with Crippen molar-refractivity contribution in [3.05, 3.63) is 23.8 Å². The van der Waals surface area contributed by atoms with Crippen molar-refractivity contribution in [2.75, 3.05) is 0 Å². The molecule has 0 amide bonds. The second-order valence-corrected chi connectivity index (χ2v) is 2.60. The molecule has 0 aromatic heterocycles. The molecule has 0 fully saturated rings. The molecule has 4 N–H and O–H groups in total. The third-order valence-electron chi connectivity index (χ3n) is 1.70. The van der Waals surface area contributed by atoms with Crippen LogP contribution in [-0.4, -0.2) is 34.3 Å². The van der Waals surface area contributed by atoms with Crippen LogP contribution in [0.1, 0.15) is 0 Å². The van der Waals surface area contributed by atoms with E-state index in [1.165, 1.54) is 0 Å². The van der Waals surface area contributed by atoms with Gasteiger partial charge in [0, 0.05) is 10.9 Å². The zero-order valence-electron chi connectivity index (χ0n) is 6.85. The summed E-state index contributed by atoms with van der Waals surface area (Å²) in [5.74, 6) is -2.24. The molecule has 0 aliphatic carbocycles. The van der Waals surface area contributed by atoms with Gasteiger partial charge in [-0.2, -0.15) is 0 Å². The predicted molar refractivity (Wildman–Crippen MR) is 46.0 cm³/mol. The maximum absolute atomic E-state index is 12.9. The number of benzene rings is 1. The highest BCUT2D eigenvalue weighted by Gasteiger charge is 2.29. The van der Waals surface area contributed by atoms with E-state index in [0.717, 1.165) is 0 Å². The average molecular weight is 202 g/mol. The highest BCUT2D eigenvalue weighted by atomic mass is 19.1. The van der Waals surface area contributed by atoms with E-state index >= 15 is 0 Å². The van der Waals surface area contributed by atoms with Crippen LogP contribution in [0.4, 0.5) is 8.78 Å². The Kier molecular flexibility index (Phi) is 3.22. The second kappa shape index (κ2) is 4.05. The minimum atomic E-state index is -2.30. The van der Waals surface area contributed by atoms with E-state index in [4.69, 9.17) is 20.1 Å². The molecule has 74 valence electrons. The van der Waals surface area contributed by atoms with Crippen LogP contribution in [0.25, 0.3) is 0 Å². The summed E-state index contributed by atoms with van der Waals surface area (Å²) < 4.78 is 25.9. The van der Waals surface area contributed by atoms with Crippen LogP contribution in [0.3, 0.4) is 0 Å². The van der Waals surface area contributed by atoms with Gasteiger partial charge in [-0.1, -0.05) is 0 Å². The predicted octanol–water partition coefficient (Wildman–Crippen LogP) is -2.68. The van der Waals surface area contributed by atoms with E-state index in [-0.39, 0.29) is 0 Å². The molecule has 0 heterocycles.